The van der Waals surface area contributed by atoms with E-state index in [-0.39, 0.29) is 0 Å². The molecular formula is C20H28N4. The number of aromatic nitrogens is 2. The minimum absolute atomic E-state index is 0.513. The molecule has 4 heteroatoms. The number of anilines is 2. The molecule has 2 aromatic rings. The van der Waals surface area contributed by atoms with Crippen molar-refractivity contribution in [3.63, 3.8) is 0 Å². The van der Waals surface area contributed by atoms with Gasteiger partial charge in [-0.2, -0.15) is 4.98 Å². The molecule has 2 N–H and O–H groups in total. The summed E-state index contributed by atoms with van der Waals surface area (Å²) < 4.78 is 0. The Hall–Kier alpha value is -2.10. The smallest absolute Gasteiger partial charge is 0.225 e. The molecule has 0 saturated heterocycles. The molecule has 1 heterocycles. The monoisotopic (exact) mass is 324 g/mol. The summed E-state index contributed by atoms with van der Waals surface area (Å²) in [4.78, 5) is 9.24. The summed E-state index contributed by atoms with van der Waals surface area (Å²) in [6, 6.07) is 11.0. The van der Waals surface area contributed by atoms with Gasteiger partial charge < -0.3 is 10.6 Å². The van der Waals surface area contributed by atoms with Gasteiger partial charge in [0.1, 0.15) is 5.82 Å². The van der Waals surface area contributed by atoms with Gasteiger partial charge in [0.05, 0.1) is 0 Å². The van der Waals surface area contributed by atoms with Crippen LogP contribution in [0, 0.1) is 13.8 Å². The third-order valence-corrected chi connectivity index (χ3v) is 4.76. The van der Waals surface area contributed by atoms with Crippen molar-refractivity contribution in [2.75, 3.05) is 10.6 Å². The van der Waals surface area contributed by atoms with E-state index in [0.29, 0.717) is 6.04 Å². The summed E-state index contributed by atoms with van der Waals surface area (Å²) in [6.07, 6.45) is 7.78. The zero-order valence-electron chi connectivity index (χ0n) is 14.8. The van der Waals surface area contributed by atoms with Crippen molar-refractivity contribution in [2.45, 2.75) is 65.0 Å². The lowest BCUT2D eigenvalue weighted by Crippen LogP contribution is -2.20. The van der Waals surface area contributed by atoms with E-state index >= 15 is 0 Å². The second kappa shape index (κ2) is 8.13. The first-order valence-electron chi connectivity index (χ1n) is 9.11. The third kappa shape index (κ3) is 4.70. The zero-order valence-corrected chi connectivity index (χ0v) is 14.8. The van der Waals surface area contributed by atoms with E-state index in [2.05, 4.69) is 51.8 Å². The van der Waals surface area contributed by atoms with E-state index in [1.54, 1.807) is 0 Å². The molecule has 1 aliphatic carbocycles. The van der Waals surface area contributed by atoms with Gasteiger partial charge in [0.15, 0.2) is 0 Å². The molecular weight excluding hydrogens is 296 g/mol. The summed E-state index contributed by atoms with van der Waals surface area (Å²) in [5.41, 5.74) is 3.59. The highest BCUT2D eigenvalue weighted by molar-refractivity contribution is 5.43. The topological polar surface area (TPSA) is 49.8 Å². The summed E-state index contributed by atoms with van der Waals surface area (Å²) in [5.74, 6) is 1.65. The van der Waals surface area contributed by atoms with Crippen LogP contribution in [-0.4, -0.2) is 16.0 Å². The van der Waals surface area contributed by atoms with Gasteiger partial charge in [0, 0.05) is 24.3 Å². The molecule has 0 aliphatic heterocycles. The van der Waals surface area contributed by atoms with E-state index in [4.69, 9.17) is 0 Å². The molecule has 0 atom stereocenters. The Bertz CT molecular complexity index is 660. The fourth-order valence-corrected chi connectivity index (χ4v) is 3.32. The van der Waals surface area contributed by atoms with E-state index in [0.717, 1.165) is 24.0 Å². The van der Waals surface area contributed by atoms with Crippen molar-refractivity contribution in [1.29, 1.82) is 0 Å². The molecule has 4 nitrogen and oxygen atoms in total. The Morgan fingerprint density at radius 2 is 1.75 bits per heavy atom. The number of hydrogen-bond acceptors (Lipinski definition) is 4. The number of rotatable bonds is 5. The largest absolute Gasteiger partial charge is 0.366 e. The minimum atomic E-state index is 0.513. The molecule has 24 heavy (non-hydrogen) atoms. The van der Waals surface area contributed by atoms with Gasteiger partial charge in [0.2, 0.25) is 5.95 Å². The minimum Gasteiger partial charge on any atom is -0.366 e. The van der Waals surface area contributed by atoms with Crippen LogP contribution >= 0.6 is 0 Å². The molecule has 1 aliphatic rings. The van der Waals surface area contributed by atoms with Crippen molar-refractivity contribution >= 4 is 11.8 Å². The Balaban J connectivity index is 1.66. The van der Waals surface area contributed by atoms with Crippen molar-refractivity contribution in [2.24, 2.45) is 0 Å². The Morgan fingerprint density at radius 3 is 2.50 bits per heavy atom. The summed E-state index contributed by atoms with van der Waals surface area (Å²) in [6.45, 7) is 4.95. The molecule has 128 valence electrons. The van der Waals surface area contributed by atoms with Gasteiger partial charge in [-0.25, -0.2) is 4.98 Å². The van der Waals surface area contributed by atoms with Crippen LogP contribution in [0.25, 0.3) is 0 Å². The molecule has 0 spiro atoms. The molecule has 1 aromatic heterocycles. The molecule has 1 saturated carbocycles. The molecule has 0 amide bonds. The predicted molar refractivity (Wildman–Crippen MR) is 100 cm³/mol. The van der Waals surface area contributed by atoms with Gasteiger partial charge >= 0.3 is 0 Å². The second-order valence-corrected chi connectivity index (χ2v) is 6.83. The Labute approximate surface area is 145 Å². The number of nitrogens with one attached hydrogen (secondary N) is 2. The average Bonchev–Trinajstić information content (AvgIpc) is 2.82. The van der Waals surface area contributed by atoms with Crippen LogP contribution in [0.1, 0.15) is 55.3 Å². The SMILES string of the molecule is Cc1cc(NCc2ccccc2C)nc(NC2CCCCCC2)n1. The molecule has 3 rings (SSSR count). The summed E-state index contributed by atoms with van der Waals surface area (Å²) in [5, 5.41) is 6.99. The highest BCUT2D eigenvalue weighted by atomic mass is 15.2. The lowest BCUT2D eigenvalue weighted by atomic mass is 10.1. The third-order valence-electron chi connectivity index (χ3n) is 4.76. The van der Waals surface area contributed by atoms with Crippen molar-refractivity contribution in [3.8, 4) is 0 Å². The predicted octanol–water partition coefficient (Wildman–Crippen LogP) is 4.84. The van der Waals surface area contributed by atoms with Gasteiger partial charge in [-0.3, -0.25) is 0 Å². The highest BCUT2D eigenvalue weighted by Gasteiger charge is 2.13. The zero-order chi connectivity index (χ0) is 16.8. The quantitative estimate of drug-likeness (QED) is 0.773. The van der Waals surface area contributed by atoms with Crippen LogP contribution in [-0.2, 0) is 6.54 Å². The maximum Gasteiger partial charge on any atom is 0.225 e. The van der Waals surface area contributed by atoms with Crippen LogP contribution in [0.2, 0.25) is 0 Å². The van der Waals surface area contributed by atoms with Gasteiger partial charge in [-0.05, 0) is 37.8 Å². The second-order valence-electron chi connectivity index (χ2n) is 6.83. The maximum atomic E-state index is 4.67. The Kier molecular flexibility index (Phi) is 5.68. The van der Waals surface area contributed by atoms with Gasteiger partial charge in [0.25, 0.3) is 0 Å². The first kappa shape index (κ1) is 16.7. The summed E-state index contributed by atoms with van der Waals surface area (Å²) >= 11 is 0. The van der Waals surface area contributed by atoms with Crippen LogP contribution in [0.4, 0.5) is 11.8 Å². The average molecular weight is 324 g/mol. The molecule has 0 radical (unpaired) electrons. The fourth-order valence-electron chi connectivity index (χ4n) is 3.32. The molecule has 0 unspecified atom stereocenters. The van der Waals surface area contributed by atoms with Gasteiger partial charge in [-0.15, -0.1) is 0 Å². The first-order valence-corrected chi connectivity index (χ1v) is 9.11. The van der Waals surface area contributed by atoms with Crippen LogP contribution in [0.15, 0.2) is 30.3 Å². The molecule has 0 bridgehead atoms. The van der Waals surface area contributed by atoms with Crippen LogP contribution in [0.3, 0.4) is 0 Å². The van der Waals surface area contributed by atoms with Crippen molar-refractivity contribution in [1.82, 2.24) is 9.97 Å². The molecule has 1 fully saturated rings. The number of benzene rings is 1. The van der Waals surface area contributed by atoms with E-state index in [9.17, 15) is 0 Å². The highest BCUT2D eigenvalue weighted by Crippen LogP contribution is 2.21. The summed E-state index contributed by atoms with van der Waals surface area (Å²) in [7, 11) is 0. The standard InChI is InChI=1S/C20H28N4/c1-15-9-7-8-10-17(15)14-21-19-13-16(2)22-20(24-19)23-18-11-5-3-4-6-12-18/h7-10,13,18H,3-6,11-12,14H2,1-2H3,(H2,21,22,23,24). The van der Waals surface area contributed by atoms with E-state index in [1.807, 2.05) is 13.0 Å². The van der Waals surface area contributed by atoms with Gasteiger partial charge in [-0.1, -0.05) is 49.9 Å². The molecule has 1 aromatic carbocycles. The van der Waals surface area contributed by atoms with Crippen LogP contribution < -0.4 is 10.6 Å². The number of hydrogen-bond donors (Lipinski definition) is 2. The first-order chi connectivity index (χ1) is 11.7. The maximum absolute atomic E-state index is 4.67. The lowest BCUT2D eigenvalue weighted by molar-refractivity contribution is 0.614. The Morgan fingerprint density at radius 1 is 1.00 bits per heavy atom. The number of aryl methyl sites for hydroxylation is 2. The lowest BCUT2D eigenvalue weighted by Gasteiger charge is -2.17. The normalized spacial score (nSPS) is 15.8. The van der Waals surface area contributed by atoms with Crippen molar-refractivity contribution in [3.05, 3.63) is 47.2 Å². The van der Waals surface area contributed by atoms with Crippen molar-refractivity contribution < 1.29 is 0 Å². The van der Waals surface area contributed by atoms with E-state index in [1.165, 1.54) is 49.7 Å². The fraction of sp³-hybridized carbons (Fsp3) is 0.500. The van der Waals surface area contributed by atoms with E-state index < -0.39 is 0 Å². The number of nitrogens with zero attached hydrogens (tertiary/aromatic N) is 2. The van der Waals surface area contributed by atoms with Crippen LogP contribution in [0.5, 0.6) is 0 Å².